The molecule has 2 fully saturated rings. The van der Waals surface area contributed by atoms with E-state index in [1.807, 2.05) is 6.08 Å². The molecule has 0 unspecified atom stereocenters. The molecule has 39 heavy (non-hydrogen) atoms. The van der Waals surface area contributed by atoms with Gasteiger partial charge in [-0.05, 0) is 104 Å². The van der Waals surface area contributed by atoms with E-state index in [9.17, 15) is 8.78 Å². The summed E-state index contributed by atoms with van der Waals surface area (Å²) in [7, 11) is 0. The molecule has 5 rings (SSSR count). The third kappa shape index (κ3) is 5.85. The number of aryl methyl sites for hydroxylation is 1. The lowest BCUT2D eigenvalue weighted by atomic mass is 9.68. The molecule has 0 atom stereocenters. The Hall–Kier alpha value is -2.88. The minimum absolute atomic E-state index is 0.0514. The van der Waals surface area contributed by atoms with Crippen molar-refractivity contribution in [2.24, 2.45) is 17.8 Å². The van der Waals surface area contributed by atoms with Gasteiger partial charge >= 0.3 is 0 Å². The van der Waals surface area contributed by atoms with Crippen LogP contribution in [0.15, 0.2) is 61.2 Å². The largest absolute Gasteiger partial charge is 0.203 e. The van der Waals surface area contributed by atoms with Crippen LogP contribution in [0, 0.1) is 47.9 Å². The van der Waals surface area contributed by atoms with E-state index >= 15 is 8.78 Å². The molecule has 2 aliphatic carbocycles. The van der Waals surface area contributed by atoms with Gasteiger partial charge in [0.25, 0.3) is 0 Å². The van der Waals surface area contributed by atoms with Crippen molar-refractivity contribution < 1.29 is 17.6 Å². The maximum atomic E-state index is 15.3. The fourth-order valence-corrected chi connectivity index (χ4v) is 7.00. The van der Waals surface area contributed by atoms with Gasteiger partial charge in [0.1, 0.15) is 0 Å². The Kier molecular flexibility index (Phi) is 8.59. The van der Waals surface area contributed by atoms with Crippen molar-refractivity contribution in [3.8, 4) is 22.3 Å². The molecular formula is C35H38F4. The Labute approximate surface area is 230 Å². The SMILES string of the molecule is C=CCCC1CCC(C2CCC(c3ccc(-c4ccc(-c5ccc(C)c(F)c5F)cc4)c(F)c3F)CC2)CC1. The minimum Gasteiger partial charge on any atom is -0.203 e. The summed E-state index contributed by atoms with van der Waals surface area (Å²) < 4.78 is 59.0. The first-order valence-corrected chi connectivity index (χ1v) is 14.5. The van der Waals surface area contributed by atoms with Crippen LogP contribution in [-0.2, 0) is 0 Å². The van der Waals surface area contributed by atoms with Gasteiger partial charge in [-0.2, -0.15) is 0 Å². The molecule has 0 spiro atoms. The number of halogens is 4. The predicted molar refractivity (Wildman–Crippen MR) is 151 cm³/mol. The Morgan fingerprint density at radius 2 is 1.15 bits per heavy atom. The summed E-state index contributed by atoms with van der Waals surface area (Å²) in [6, 6.07) is 12.9. The molecule has 0 amide bonds. The van der Waals surface area contributed by atoms with E-state index in [2.05, 4.69) is 6.58 Å². The Balaban J connectivity index is 1.24. The van der Waals surface area contributed by atoms with Crippen molar-refractivity contribution in [2.75, 3.05) is 0 Å². The molecule has 3 aromatic carbocycles. The van der Waals surface area contributed by atoms with Gasteiger partial charge in [0, 0.05) is 11.1 Å². The molecule has 0 N–H and O–H groups in total. The Morgan fingerprint density at radius 3 is 1.72 bits per heavy atom. The van der Waals surface area contributed by atoms with Gasteiger partial charge in [-0.15, -0.1) is 6.58 Å². The first-order chi connectivity index (χ1) is 18.9. The van der Waals surface area contributed by atoms with E-state index in [0.717, 1.165) is 43.9 Å². The number of benzene rings is 3. The highest BCUT2D eigenvalue weighted by Crippen LogP contribution is 2.45. The number of allylic oxidation sites excluding steroid dienone is 1. The maximum absolute atomic E-state index is 15.3. The van der Waals surface area contributed by atoms with Crippen molar-refractivity contribution in [1.29, 1.82) is 0 Å². The molecule has 0 nitrogen and oxygen atoms in total. The fraction of sp³-hybridized carbons (Fsp3) is 0.429. The predicted octanol–water partition coefficient (Wildman–Crippen LogP) is 10.9. The Morgan fingerprint density at radius 1 is 0.641 bits per heavy atom. The molecule has 3 aromatic rings. The quantitative estimate of drug-likeness (QED) is 0.209. The third-order valence-corrected chi connectivity index (χ3v) is 9.44. The lowest BCUT2D eigenvalue weighted by molar-refractivity contribution is 0.156. The van der Waals surface area contributed by atoms with E-state index in [1.165, 1.54) is 51.2 Å². The molecule has 0 saturated heterocycles. The average Bonchev–Trinajstić information content (AvgIpc) is 2.97. The van der Waals surface area contributed by atoms with Crippen molar-refractivity contribution in [3.63, 3.8) is 0 Å². The molecule has 2 aliphatic rings. The fourth-order valence-electron chi connectivity index (χ4n) is 7.00. The van der Waals surface area contributed by atoms with Crippen LogP contribution in [0.3, 0.4) is 0 Å². The molecule has 0 radical (unpaired) electrons. The summed E-state index contributed by atoms with van der Waals surface area (Å²) in [6.45, 7) is 5.36. The lowest BCUT2D eigenvalue weighted by Crippen LogP contribution is -2.25. The smallest absolute Gasteiger partial charge is 0.166 e. The molecule has 206 valence electrons. The van der Waals surface area contributed by atoms with Gasteiger partial charge in [-0.1, -0.05) is 67.4 Å². The highest BCUT2D eigenvalue weighted by molar-refractivity contribution is 5.71. The van der Waals surface area contributed by atoms with Crippen LogP contribution >= 0.6 is 0 Å². The van der Waals surface area contributed by atoms with Crippen LogP contribution in [0.25, 0.3) is 22.3 Å². The van der Waals surface area contributed by atoms with Gasteiger partial charge in [-0.25, -0.2) is 17.6 Å². The summed E-state index contributed by atoms with van der Waals surface area (Å²) in [5.41, 5.74) is 2.03. The summed E-state index contributed by atoms with van der Waals surface area (Å²) in [6.07, 6.45) is 13.6. The van der Waals surface area contributed by atoms with Crippen molar-refractivity contribution >= 4 is 0 Å². The van der Waals surface area contributed by atoms with E-state index < -0.39 is 23.3 Å². The van der Waals surface area contributed by atoms with Gasteiger partial charge in [0.2, 0.25) is 0 Å². The maximum Gasteiger partial charge on any atom is 0.166 e. The van der Waals surface area contributed by atoms with Crippen molar-refractivity contribution in [2.45, 2.75) is 77.0 Å². The minimum atomic E-state index is -0.907. The van der Waals surface area contributed by atoms with E-state index in [1.54, 1.807) is 36.4 Å². The standard InChI is InChI=1S/C35H38F4/c1-3-4-5-23-7-9-24(10-8-23)25-11-13-26(14-12-25)30-20-21-31(35(39)34(30)38)28-17-15-27(16-18-28)29-19-6-22(2)32(36)33(29)37/h3,6,15-21,23-26H,1,4-5,7-14H2,2H3. The zero-order valence-electron chi connectivity index (χ0n) is 22.8. The van der Waals surface area contributed by atoms with Crippen LogP contribution in [0.5, 0.6) is 0 Å². The molecule has 0 heterocycles. The van der Waals surface area contributed by atoms with Crippen LogP contribution in [-0.4, -0.2) is 0 Å². The van der Waals surface area contributed by atoms with Crippen molar-refractivity contribution in [1.82, 2.24) is 0 Å². The highest BCUT2D eigenvalue weighted by atomic mass is 19.2. The summed E-state index contributed by atoms with van der Waals surface area (Å²) in [5.74, 6) is -0.995. The number of rotatable bonds is 7. The molecule has 0 aliphatic heterocycles. The van der Waals surface area contributed by atoms with Crippen LogP contribution in [0.4, 0.5) is 17.6 Å². The average molecular weight is 535 g/mol. The summed E-state index contributed by atoms with van der Waals surface area (Å²) in [4.78, 5) is 0. The second-order valence-electron chi connectivity index (χ2n) is 11.7. The molecule has 4 heteroatoms. The van der Waals surface area contributed by atoms with Crippen LogP contribution < -0.4 is 0 Å². The van der Waals surface area contributed by atoms with E-state index in [0.29, 0.717) is 22.6 Å². The Bertz CT molecular complexity index is 1290. The summed E-state index contributed by atoms with van der Waals surface area (Å²) in [5, 5.41) is 0. The van der Waals surface area contributed by atoms with E-state index in [-0.39, 0.29) is 22.6 Å². The molecule has 0 bridgehead atoms. The van der Waals surface area contributed by atoms with Gasteiger partial charge in [0.05, 0.1) is 0 Å². The molecule has 2 saturated carbocycles. The van der Waals surface area contributed by atoms with E-state index in [4.69, 9.17) is 0 Å². The van der Waals surface area contributed by atoms with Crippen LogP contribution in [0.2, 0.25) is 0 Å². The monoisotopic (exact) mass is 534 g/mol. The summed E-state index contributed by atoms with van der Waals surface area (Å²) >= 11 is 0. The second kappa shape index (κ2) is 12.1. The zero-order valence-corrected chi connectivity index (χ0v) is 22.8. The number of hydrogen-bond acceptors (Lipinski definition) is 0. The second-order valence-corrected chi connectivity index (χ2v) is 11.7. The highest BCUT2D eigenvalue weighted by Gasteiger charge is 2.32. The third-order valence-electron chi connectivity index (χ3n) is 9.44. The topological polar surface area (TPSA) is 0 Å². The van der Waals surface area contributed by atoms with Crippen molar-refractivity contribution in [3.05, 3.63) is 95.6 Å². The lowest BCUT2D eigenvalue weighted by Gasteiger charge is -2.38. The zero-order chi connectivity index (χ0) is 27.5. The number of hydrogen-bond donors (Lipinski definition) is 0. The normalized spacial score (nSPS) is 23.5. The van der Waals surface area contributed by atoms with Crippen LogP contribution in [0.1, 0.15) is 81.3 Å². The van der Waals surface area contributed by atoms with Gasteiger partial charge < -0.3 is 0 Å². The molecular weight excluding hydrogens is 496 g/mol. The van der Waals surface area contributed by atoms with Gasteiger partial charge in [-0.3, -0.25) is 0 Å². The first kappa shape index (κ1) is 27.7. The first-order valence-electron chi connectivity index (χ1n) is 14.5. The molecule has 0 aromatic heterocycles. The van der Waals surface area contributed by atoms with Gasteiger partial charge in [0.15, 0.2) is 23.3 Å².